The van der Waals surface area contributed by atoms with Crippen LogP contribution in [0.4, 0.5) is 5.69 Å². The Balaban J connectivity index is 2.10. The van der Waals surface area contributed by atoms with Gasteiger partial charge in [-0.15, -0.1) is 0 Å². The Kier molecular flexibility index (Phi) is 4.97. The predicted molar refractivity (Wildman–Crippen MR) is 85.2 cm³/mol. The highest BCUT2D eigenvalue weighted by atomic mass is 16.3. The molecule has 21 heavy (non-hydrogen) atoms. The van der Waals surface area contributed by atoms with Crippen LogP contribution in [0.2, 0.25) is 0 Å². The van der Waals surface area contributed by atoms with Crippen LogP contribution in [0, 0.1) is 18.3 Å². The molecule has 108 valence electrons. The number of hydrogen-bond donors (Lipinski definition) is 1. The predicted octanol–water partition coefficient (Wildman–Crippen LogP) is 3.43. The summed E-state index contributed by atoms with van der Waals surface area (Å²) in [7, 11) is 0. The van der Waals surface area contributed by atoms with Gasteiger partial charge in [0.2, 0.25) is 0 Å². The Morgan fingerprint density at radius 1 is 1.10 bits per heavy atom. The van der Waals surface area contributed by atoms with Crippen molar-refractivity contribution >= 4 is 5.69 Å². The third-order valence-corrected chi connectivity index (χ3v) is 3.60. The molecule has 2 aromatic carbocycles. The number of rotatable bonds is 5. The van der Waals surface area contributed by atoms with Gasteiger partial charge in [-0.2, -0.15) is 5.26 Å². The molecule has 0 saturated carbocycles. The molecule has 1 N–H and O–H groups in total. The van der Waals surface area contributed by atoms with Crippen molar-refractivity contribution in [3.05, 3.63) is 65.2 Å². The highest BCUT2D eigenvalue weighted by Crippen LogP contribution is 2.20. The maximum atomic E-state index is 10.4. The van der Waals surface area contributed by atoms with E-state index in [-0.39, 0.29) is 0 Å². The first-order chi connectivity index (χ1) is 10.1. The summed E-state index contributed by atoms with van der Waals surface area (Å²) in [5, 5.41) is 19.2. The van der Waals surface area contributed by atoms with Crippen molar-refractivity contribution in [1.29, 1.82) is 5.26 Å². The van der Waals surface area contributed by atoms with Gasteiger partial charge in [0.25, 0.3) is 0 Å². The highest BCUT2D eigenvalue weighted by Gasteiger charge is 2.13. The van der Waals surface area contributed by atoms with Gasteiger partial charge in [-0.25, -0.2) is 0 Å². The van der Waals surface area contributed by atoms with Crippen molar-refractivity contribution in [3.8, 4) is 6.07 Å². The van der Waals surface area contributed by atoms with Crippen LogP contribution in [0.25, 0.3) is 0 Å². The second kappa shape index (κ2) is 6.92. The van der Waals surface area contributed by atoms with Gasteiger partial charge >= 0.3 is 0 Å². The molecule has 0 radical (unpaired) electrons. The number of anilines is 1. The van der Waals surface area contributed by atoms with Crippen molar-refractivity contribution in [2.24, 2.45) is 0 Å². The number of likely N-dealkylation sites (N-methyl/N-ethyl adjacent to an activating group) is 1. The van der Waals surface area contributed by atoms with Gasteiger partial charge in [0.05, 0.1) is 17.7 Å². The van der Waals surface area contributed by atoms with E-state index in [4.69, 9.17) is 5.26 Å². The van der Waals surface area contributed by atoms with E-state index in [1.807, 2.05) is 12.1 Å². The lowest BCUT2D eigenvalue weighted by Gasteiger charge is -2.26. The zero-order valence-electron chi connectivity index (χ0n) is 12.5. The Morgan fingerprint density at radius 3 is 2.24 bits per heavy atom. The van der Waals surface area contributed by atoms with Crippen LogP contribution in [-0.4, -0.2) is 18.2 Å². The number of aliphatic hydroxyl groups excluding tert-OH is 1. The monoisotopic (exact) mass is 280 g/mol. The molecule has 0 spiro atoms. The van der Waals surface area contributed by atoms with Gasteiger partial charge in [-0.1, -0.05) is 29.8 Å². The molecule has 0 bridgehead atoms. The Labute approximate surface area is 126 Å². The summed E-state index contributed by atoms with van der Waals surface area (Å²) in [6, 6.07) is 17.5. The average Bonchev–Trinajstić information content (AvgIpc) is 2.53. The minimum absolute atomic E-state index is 0.533. The Hall–Kier alpha value is -2.31. The fraction of sp³-hybridized carbons (Fsp3) is 0.278. The lowest BCUT2D eigenvalue weighted by atomic mass is 10.1. The minimum atomic E-state index is -0.570. The van der Waals surface area contributed by atoms with Crippen LogP contribution in [0.3, 0.4) is 0 Å². The van der Waals surface area contributed by atoms with Crippen molar-refractivity contribution in [3.63, 3.8) is 0 Å². The molecule has 0 saturated heterocycles. The number of aliphatic hydroxyl groups is 1. The Bertz CT molecular complexity index is 611. The topological polar surface area (TPSA) is 47.3 Å². The third-order valence-electron chi connectivity index (χ3n) is 3.60. The van der Waals surface area contributed by atoms with Crippen LogP contribution < -0.4 is 4.90 Å². The zero-order valence-corrected chi connectivity index (χ0v) is 12.5. The van der Waals surface area contributed by atoms with E-state index < -0.39 is 6.10 Å². The molecular weight excluding hydrogens is 260 g/mol. The molecule has 1 unspecified atom stereocenters. The molecule has 1 atom stereocenters. The molecule has 0 fully saturated rings. The lowest BCUT2D eigenvalue weighted by molar-refractivity contribution is 0.183. The normalized spacial score (nSPS) is 11.7. The first-order valence-electron chi connectivity index (χ1n) is 7.13. The summed E-state index contributed by atoms with van der Waals surface area (Å²) < 4.78 is 0. The molecular formula is C18H20N2O. The number of hydrogen-bond acceptors (Lipinski definition) is 3. The average molecular weight is 280 g/mol. The van der Waals surface area contributed by atoms with E-state index in [0.29, 0.717) is 12.1 Å². The molecule has 0 aromatic heterocycles. The molecule has 2 rings (SSSR count). The summed E-state index contributed by atoms with van der Waals surface area (Å²) in [6.07, 6.45) is -0.570. The standard InChI is InChI=1S/C18H20N2O/c1-3-20(17-10-4-14(2)5-11-17)13-18(21)16-8-6-15(12-19)7-9-16/h4-11,18,21H,3,13H2,1-2H3. The van der Waals surface area contributed by atoms with Gasteiger partial charge in [0, 0.05) is 18.8 Å². The third kappa shape index (κ3) is 3.84. The largest absolute Gasteiger partial charge is 0.387 e. The summed E-state index contributed by atoms with van der Waals surface area (Å²) in [6.45, 7) is 5.50. The van der Waals surface area contributed by atoms with Crippen LogP contribution >= 0.6 is 0 Å². The minimum Gasteiger partial charge on any atom is -0.387 e. The van der Waals surface area contributed by atoms with E-state index in [0.717, 1.165) is 17.8 Å². The fourth-order valence-electron chi connectivity index (χ4n) is 2.27. The van der Waals surface area contributed by atoms with Gasteiger partial charge in [-0.05, 0) is 43.7 Å². The van der Waals surface area contributed by atoms with Crippen LogP contribution in [-0.2, 0) is 0 Å². The number of nitrogens with zero attached hydrogens (tertiary/aromatic N) is 2. The highest BCUT2D eigenvalue weighted by molar-refractivity contribution is 5.47. The van der Waals surface area contributed by atoms with Crippen molar-refractivity contribution in [2.75, 3.05) is 18.0 Å². The molecule has 0 heterocycles. The van der Waals surface area contributed by atoms with Crippen LogP contribution in [0.1, 0.15) is 29.7 Å². The molecule has 0 aliphatic rings. The molecule has 0 aliphatic carbocycles. The molecule has 0 aliphatic heterocycles. The first kappa shape index (κ1) is 15.1. The molecule has 3 heteroatoms. The maximum absolute atomic E-state index is 10.4. The van der Waals surface area contributed by atoms with E-state index >= 15 is 0 Å². The van der Waals surface area contributed by atoms with E-state index in [9.17, 15) is 5.11 Å². The smallest absolute Gasteiger partial charge is 0.0991 e. The number of benzene rings is 2. The van der Waals surface area contributed by atoms with Crippen molar-refractivity contribution in [1.82, 2.24) is 0 Å². The summed E-state index contributed by atoms with van der Waals surface area (Å²) in [5.74, 6) is 0. The van der Waals surface area contributed by atoms with Gasteiger partial charge in [-0.3, -0.25) is 0 Å². The SMILES string of the molecule is CCN(CC(O)c1ccc(C#N)cc1)c1ccc(C)cc1. The summed E-state index contributed by atoms with van der Waals surface area (Å²) in [4.78, 5) is 2.14. The van der Waals surface area contributed by atoms with Crippen molar-refractivity contribution in [2.45, 2.75) is 20.0 Å². The second-order valence-corrected chi connectivity index (χ2v) is 5.12. The van der Waals surface area contributed by atoms with E-state index in [1.54, 1.807) is 12.1 Å². The maximum Gasteiger partial charge on any atom is 0.0991 e. The Morgan fingerprint density at radius 2 is 1.71 bits per heavy atom. The quantitative estimate of drug-likeness (QED) is 0.912. The van der Waals surface area contributed by atoms with E-state index in [1.165, 1.54) is 5.56 Å². The molecule has 2 aromatic rings. The summed E-state index contributed by atoms with van der Waals surface area (Å²) >= 11 is 0. The first-order valence-corrected chi connectivity index (χ1v) is 7.13. The van der Waals surface area contributed by atoms with Gasteiger partial charge in [0.15, 0.2) is 0 Å². The zero-order chi connectivity index (χ0) is 15.2. The molecule has 0 amide bonds. The van der Waals surface area contributed by atoms with Gasteiger partial charge < -0.3 is 10.0 Å². The van der Waals surface area contributed by atoms with Crippen molar-refractivity contribution < 1.29 is 5.11 Å². The number of aryl methyl sites for hydroxylation is 1. The lowest BCUT2D eigenvalue weighted by Crippen LogP contribution is -2.28. The van der Waals surface area contributed by atoms with Crippen LogP contribution in [0.15, 0.2) is 48.5 Å². The number of nitriles is 1. The van der Waals surface area contributed by atoms with Crippen LogP contribution in [0.5, 0.6) is 0 Å². The van der Waals surface area contributed by atoms with Gasteiger partial charge in [0.1, 0.15) is 0 Å². The fourth-order valence-corrected chi connectivity index (χ4v) is 2.27. The molecule has 3 nitrogen and oxygen atoms in total. The second-order valence-electron chi connectivity index (χ2n) is 5.12. The summed E-state index contributed by atoms with van der Waals surface area (Å²) in [5.41, 5.74) is 3.77. The van der Waals surface area contributed by atoms with E-state index in [2.05, 4.69) is 49.1 Å².